The van der Waals surface area contributed by atoms with Crippen LogP contribution in [0.15, 0.2) is 29.2 Å². The van der Waals surface area contributed by atoms with Crippen molar-refractivity contribution in [3.05, 3.63) is 29.3 Å². The molecule has 2 heterocycles. The first-order valence-corrected chi connectivity index (χ1v) is 11.7. The van der Waals surface area contributed by atoms with Crippen LogP contribution in [0.5, 0.6) is 0 Å². The van der Waals surface area contributed by atoms with Gasteiger partial charge in [0, 0.05) is 50.3 Å². The third kappa shape index (κ3) is 5.45. The number of hydrogen-bond donors (Lipinski definition) is 1. The van der Waals surface area contributed by atoms with Crippen LogP contribution < -0.4 is 5.32 Å². The zero-order valence-electron chi connectivity index (χ0n) is 16.3. The molecule has 1 N–H and O–H groups in total. The Morgan fingerprint density at radius 2 is 1.64 bits per heavy atom. The van der Waals surface area contributed by atoms with Crippen LogP contribution in [0.3, 0.4) is 0 Å². The van der Waals surface area contributed by atoms with Gasteiger partial charge in [-0.15, -0.1) is 0 Å². The van der Waals surface area contributed by atoms with E-state index >= 15 is 0 Å². The summed E-state index contributed by atoms with van der Waals surface area (Å²) in [7, 11) is -3.52. The predicted octanol–water partition coefficient (Wildman–Crippen LogP) is 1.25. The van der Waals surface area contributed by atoms with E-state index in [1.165, 1.54) is 16.4 Å². The summed E-state index contributed by atoms with van der Waals surface area (Å²) in [6.45, 7) is 7.47. The Bertz CT molecular complexity index is 756. The molecule has 0 saturated carbocycles. The van der Waals surface area contributed by atoms with E-state index in [9.17, 15) is 13.2 Å². The summed E-state index contributed by atoms with van der Waals surface area (Å²) >= 11 is 5.84. The van der Waals surface area contributed by atoms with E-state index in [1.54, 1.807) is 12.1 Å². The quantitative estimate of drug-likeness (QED) is 0.738. The van der Waals surface area contributed by atoms with Crippen molar-refractivity contribution >= 4 is 27.5 Å². The third-order valence-corrected chi connectivity index (χ3v) is 7.71. The second-order valence-electron chi connectivity index (χ2n) is 7.41. The minimum absolute atomic E-state index is 0.0314. The lowest BCUT2D eigenvalue weighted by molar-refractivity contribution is -0.123. The van der Waals surface area contributed by atoms with Crippen LogP contribution in [0.4, 0.5) is 0 Å². The Morgan fingerprint density at radius 1 is 1.04 bits per heavy atom. The van der Waals surface area contributed by atoms with Crippen LogP contribution in [0, 0.1) is 0 Å². The number of hydrogen-bond acceptors (Lipinski definition) is 5. The number of likely N-dealkylation sites (tertiary alicyclic amines) is 1. The molecule has 2 aliphatic heterocycles. The number of carbonyl (C=O) groups is 1. The second-order valence-corrected chi connectivity index (χ2v) is 9.78. The highest BCUT2D eigenvalue weighted by Crippen LogP contribution is 2.20. The van der Waals surface area contributed by atoms with E-state index in [0.717, 1.165) is 32.5 Å². The van der Waals surface area contributed by atoms with Crippen LogP contribution in [0.25, 0.3) is 0 Å². The first-order valence-electron chi connectivity index (χ1n) is 9.88. The van der Waals surface area contributed by atoms with Crippen molar-refractivity contribution in [3.63, 3.8) is 0 Å². The van der Waals surface area contributed by atoms with E-state index in [2.05, 4.69) is 17.1 Å². The summed E-state index contributed by atoms with van der Waals surface area (Å²) in [6.07, 6.45) is 1.99. The van der Waals surface area contributed by atoms with Crippen LogP contribution in [-0.2, 0) is 14.8 Å². The predicted molar refractivity (Wildman–Crippen MR) is 110 cm³/mol. The summed E-state index contributed by atoms with van der Waals surface area (Å²) in [4.78, 5) is 17.0. The highest BCUT2D eigenvalue weighted by molar-refractivity contribution is 7.89. The maximum atomic E-state index is 12.7. The van der Waals surface area contributed by atoms with E-state index < -0.39 is 10.0 Å². The normalized spacial score (nSPS) is 20.9. The second kappa shape index (κ2) is 9.54. The number of nitrogens with zero attached hydrogens (tertiary/aromatic N) is 3. The Hall–Kier alpha value is -1.19. The van der Waals surface area contributed by atoms with Crippen LogP contribution in [-0.4, -0.2) is 86.8 Å². The Balaban J connectivity index is 1.45. The van der Waals surface area contributed by atoms with Gasteiger partial charge in [-0.3, -0.25) is 9.69 Å². The van der Waals surface area contributed by atoms with Crippen molar-refractivity contribution in [3.8, 4) is 0 Å². The van der Waals surface area contributed by atoms with Crippen molar-refractivity contribution in [1.82, 2.24) is 19.4 Å². The zero-order valence-corrected chi connectivity index (χ0v) is 17.9. The summed E-state index contributed by atoms with van der Waals surface area (Å²) < 4.78 is 26.9. The zero-order chi connectivity index (χ0) is 20.1. The molecule has 0 unspecified atom stereocenters. The number of rotatable bonds is 6. The summed E-state index contributed by atoms with van der Waals surface area (Å²) in [5.74, 6) is 0.0314. The van der Waals surface area contributed by atoms with Gasteiger partial charge in [-0.25, -0.2) is 8.42 Å². The van der Waals surface area contributed by atoms with Crippen molar-refractivity contribution in [2.45, 2.75) is 30.7 Å². The van der Waals surface area contributed by atoms with Gasteiger partial charge in [0.2, 0.25) is 15.9 Å². The summed E-state index contributed by atoms with van der Waals surface area (Å²) in [5.41, 5.74) is 0. The van der Waals surface area contributed by atoms with E-state index in [-0.39, 0.29) is 16.8 Å². The molecule has 2 fully saturated rings. The highest BCUT2D eigenvalue weighted by atomic mass is 35.5. The van der Waals surface area contributed by atoms with E-state index in [4.69, 9.17) is 11.6 Å². The smallest absolute Gasteiger partial charge is 0.243 e. The fraction of sp³-hybridized carbons (Fsp3) is 0.632. The van der Waals surface area contributed by atoms with Crippen molar-refractivity contribution in [2.24, 2.45) is 0 Å². The average molecular weight is 429 g/mol. The molecule has 1 amide bonds. The highest BCUT2D eigenvalue weighted by Gasteiger charge is 2.29. The molecule has 0 radical (unpaired) electrons. The molecule has 7 nitrogen and oxygen atoms in total. The molecule has 0 atom stereocenters. The number of benzene rings is 1. The maximum absolute atomic E-state index is 12.7. The first-order chi connectivity index (χ1) is 13.4. The van der Waals surface area contributed by atoms with Gasteiger partial charge in [0.15, 0.2) is 0 Å². The van der Waals surface area contributed by atoms with Crippen molar-refractivity contribution < 1.29 is 13.2 Å². The fourth-order valence-corrected chi connectivity index (χ4v) is 5.30. The number of amides is 1. The molecular weight excluding hydrogens is 400 g/mol. The molecule has 1 aromatic carbocycles. The van der Waals surface area contributed by atoms with Gasteiger partial charge in [-0.1, -0.05) is 18.5 Å². The van der Waals surface area contributed by atoms with Gasteiger partial charge in [-0.2, -0.15) is 4.31 Å². The van der Waals surface area contributed by atoms with Gasteiger partial charge in [0.1, 0.15) is 0 Å². The maximum Gasteiger partial charge on any atom is 0.243 e. The molecule has 9 heteroatoms. The van der Waals surface area contributed by atoms with Gasteiger partial charge in [-0.05, 0) is 43.7 Å². The summed E-state index contributed by atoms with van der Waals surface area (Å²) in [6, 6.07) is 6.48. The molecule has 156 valence electrons. The Morgan fingerprint density at radius 3 is 2.21 bits per heavy atom. The Kier molecular flexibility index (Phi) is 7.33. The number of sulfonamides is 1. The molecule has 28 heavy (non-hydrogen) atoms. The number of halogens is 1. The third-order valence-electron chi connectivity index (χ3n) is 5.55. The molecule has 2 aliphatic rings. The summed E-state index contributed by atoms with van der Waals surface area (Å²) in [5, 5.41) is 3.64. The molecule has 2 saturated heterocycles. The van der Waals surface area contributed by atoms with E-state index in [1.807, 2.05) is 4.90 Å². The lowest BCUT2D eigenvalue weighted by Crippen LogP contribution is -2.52. The van der Waals surface area contributed by atoms with Crippen LogP contribution in [0.1, 0.15) is 19.8 Å². The number of piperazine rings is 1. The molecule has 0 bridgehead atoms. The van der Waals surface area contributed by atoms with Crippen molar-refractivity contribution in [1.29, 1.82) is 0 Å². The number of nitrogens with one attached hydrogen (secondary N) is 1. The van der Waals surface area contributed by atoms with Gasteiger partial charge in [0.05, 0.1) is 11.4 Å². The van der Waals surface area contributed by atoms with Gasteiger partial charge >= 0.3 is 0 Å². The van der Waals surface area contributed by atoms with E-state index in [0.29, 0.717) is 37.7 Å². The topological polar surface area (TPSA) is 73.0 Å². The molecular formula is C19H29ClN4O3S. The number of piperidine rings is 1. The molecule has 0 spiro atoms. The monoisotopic (exact) mass is 428 g/mol. The number of carbonyl (C=O) groups excluding carboxylic acids is 1. The first kappa shape index (κ1) is 21.5. The molecule has 0 aromatic heterocycles. The fourth-order valence-electron chi connectivity index (χ4n) is 3.75. The van der Waals surface area contributed by atoms with Gasteiger partial charge < -0.3 is 10.2 Å². The molecule has 0 aliphatic carbocycles. The molecule has 3 rings (SSSR count). The van der Waals surface area contributed by atoms with Crippen molar-refractivity contribution in [2.75, 3.05) is 52.4 Å². The SMILES string of the molecule is CCN1CCC(NC(=O)CN2CCN(S(=O)(=O)c3ccc(Cl)cc3)CC2)CC1. The Labute approximate surface area is 172 Å². The lowest BCUT2D eigenvalue weighted by atomic mass is 10.1. The largest absolute Gasteiger partial charge is 0.352 e. The minimum Gasteiger partial charge on any atom is -0.352 e. The standard InChI is InChI=1S/C19H29ClN4O3S/c1-2-22-9-7-17(8-10-22)21-19(25)15-23-11-13-24(14-12-23)28(26,27)18-5-3-16(20)4-6-18/h3-6,17H,2,7-15H2,1H3,(H,21,25). The van der Waals surface area contributed by atoms with Crippen LogP contribution in [0.2, 0.25) is 5.02 Å². The minimum atomic E-state index is -3.52. The van der Waals surface area contributed by atoms with Crippen LogP contribution >= 0.6 is 11.6 Å². The van der Waals surface area contributed by atoms with Gasteiger partial charge in [0.25, 0.3) is 0 Å². The lowest BCUT2D eigenvalue weighted by Gasteiger charge is -2.35. The molecule has 1 aromatic rings. The average Bonchev–Trinajstić information content (AvgIpc) is 2.69.